The molecular formula is C29H35FN4O5. The van der Waals surface area contributed by atoms with E-state index in [4.69, 9.17) is 19.2 Å². The Labute approximate surface area is 227 Å². The van der Waals surface area contributed by atoms with Gasteiger partial charge in [0.05, 0.1) is 17.4 Å². The van der Waals surface area contributed by atoms with Gasteiger partial charge < -0.3 is 24.1 Å². The highest BCUT2D eigenvalue weighted by Crippen LogP contribution is 2.24. The average molecular weight is 539 g/mol. The second kappa shape index (κ2) is 13.8. The quantitative estimate of drug-likeness (QED) is 0.162. The van der Waals surface area contributed by atoms with Crippen molar-refractivity contribution < 1.29 is 28.4 Å². The van der Waals surface area contributed by atoms with E-state index in [1.54, 1.807) is 13.0 Å². The van der Waals surface area contributed by atoms with Gasteiger partial charge in [-0.05, 0) is 56.8 Å². The maximum absolute atomic E-state index is 13.8. The van der Waals surface area contributed by atoms with Gasteiger partial charge in [-0.3, -0.25) is 4.79 Å². The fourth-order valence-electron chi connectivity index (χ4n) is 3.56. The Morgan fingerprint density at radius 1 is 1.28 bits per heavy atom. The number of hydrogen-bond acceptors (Lipinski definition) is 9. The predicted molar refractivity (Wildman–Crippen MR) is 146 cm³/mol. The van der Waals surface area contributed by atoms with Crippen LogP contribution in [0, 0.1) is 5.82 Å². The monoisotopic (exact) mass is 538 g/mol. The summed E-state index contributed by atoms with van der Waals surface area (Å²) in [6.45, 7) is 13.2. The first-order valence-corrected chi connectivity index (χ1v) is 12.7. The van der Waals surface area contributed by atoms with Crippen LogP contribution in [-0.4, -0.2) is 64.5 Å². The highest BCUT2D eigenvalue weighted by Gasteiger charge is 2.19. The molecular weight excluding hydrogens is 503 g/mol. The molecule has 4 rings (SSSR count). The molecule has 1 aliphatic rings. The van der Waals surface area contributed by atoms with Crippen LogP contribution in [0.1, 0.15) is 61.8 Å². The molecule has 0 aliphatic carbocycles. The molecule has 3 aromatic rings. The number of aromatic nitrogens is 2. The smallest absolute Gasteiger partial charge is 0.229 e. The lowest BCUT2D eigenvalue weighted by Gasteiger charge is -2.31. The molecule has 0 spiro atoms. The summed E-state index contributed by atoms with van der Waals surface area (Å²) >= 11 is 0. The van der Waals surface area contributed by atoms with E-state index in [-0.39, 0.29) is 17.6 Å². The number of carbonyl (C=O) groups excluding carboxylic acids is 1. The van der Waals surface area contributed by atoms with Crippen LogP contribution in [0.5, 0.6) is 5.75 Å². The minimum Gasteiger partial charge on any atom is -0.482 e. The SMILES string of the molecule is C=C(O/N=C(\C)c1ccc(C=O)c(F)c1)C(CC)Oc1ccc(-c2noc(C(C)C)n2)cc1.CN1CC(O)C1. The number of nitrogens with zero attached hydrogens (tertiary/aromatic N) is 4. The molecule has 2 heterocycles. The van der Waals surface area contributed by atoms with Gasteiger partial charge in [0.25, 0.3) is 0 Å². The molecule has 1 fully saturated rings. The van der Waals surface area contributed by atoms with Crippen molar-refractivity contribution in [1.82, 2.24) is 15.0 Å². The number of ether oxygens (including phenoxy) is 1. The lowest BCUT2D eigenvalue weighted by atomic mass is 10.1. The van der Waals surface area contributed by atoms with E-state index >= 15 is 0 Å². The number of aldehydes is 1. The maximum Gasteiger partial charge on any atom is 0.229 e. The summed E-state index contributed by atoms with van der Waals surface area (Å²) in [5.74, 6) is 1.58. The topological polar surface area (TPSA) is 110 Å². The highest BCUT2D eigenvalue weighted by molar-refractivity contribution is 5.98. The largest absolute Gasteiger partial charge is 0.482 e. The molecule has 2 aromatic carbocycles. The van der Waals surface area contributed by atoms with Gasteiger partial charge in [-0.15, -0.1) is 0 Å². The van der Waals surface area contributed by atoms with Crippen LogP contribution in [0.15, 0.2) is 64.5 Å². The van der Waals surface area contributed by atoms with Gasteiger partial charge in [0.1, 0.15) is 11.6 Å². The summed E-state index contributed by atoms with van der Waals surface area (Å²) in [7, 11) is 1.99. The van der Waals surface area contributed by atoms with E-state index in [1.807, 2.05) is 52.1 Å². The molecule has 208 valence electrons. The minimum atomic E-state index is -0.615. The average Bonchev–Trinajstić information content (AvgIpc) is 3.41. The van der Waals surface area contributed by atoms with Gasteiger partial charge in [0.15, 0.2) is 18.1 Å². The van der Waals surface area contributed by atoms with Crippen LogP contribution in [-0.2, 0) is 4.84 Å². The van der Waals surface area contributed by atoms with Crippen molar-refractivity contribution in [3.8, 4) is 17.1 Å². The van der Waals surface area contributed by atoms with Crippen LogP contribution < -0.4 is 4.74 Å². The lowest BCUT2D eigenvalue weighted by molar-refractivity contribution is 0.0196. The number of halogens is 1. The fraction of sp³-hybridized carbons (Fsp3) is 0.379. The first-order valence-electron chi connectivity index (χ1n) is 12.7. The normalized spacial score (nSPS) is 14.7. The Bertz CT molecular complexity index is 1280. The zero-order valence-electron chi connectivity index (χ0n) is 22.9. The molecule has 1 aromatic heterocycles. The number of likely N-dealkylation sites (tertiary alicyclic amines) is 1. The molecule has 1 atom stereocenters. The third kappa shape index (κ3) is 8.30. The number of rotatable bonds is 10. The van der Waals surface area contributed by atoms with Crippen molar-refractivity contribution in [2.75, 3.05) is 20.1 Å². The summed E-state index contributed by atoms with van der Waals surface area (Å²) in [6.07, 6.45) is 0.583. The van der Waals surface area contributed by atoms with E-state index in [0.717, 1.165) is 18.7 Å². The van der Waals surface area contributed by atoms with E-state index < -0.39 is 11.9 Å². The fourth-order valence-corrected chi connectivity index (χ4v) is 3.56. The standard InChI is InChI=1S/C25H26FN3O4.C4H9NO/c1-6-23(17(5)32-28-16(4)19-7-8-20(14-30)22(26)13-19)31-21-11-9-18(10-12-21)24-27-25(15(2)3)33-29-24;1-5-2-4(6)3-5/h7-15,23H,5-6H2,1-4H3;4,6H,2-3H2,1H3/b28-16+;. The molecule has 0 saturated carbocycles. The Morgan fingerprint density at radius 3 is 2.46 bits per heavy atom. The lowest BCUT2D eigenvalue weighted by Crippen LogP contribution is -2.47. The molecule has 1 unspecified atom stereocenters. The third-order valence-electron chi connectivity index (χ3n) is 5.95. The van der Waals surface area contributed by atoms with E-state index in [1.165, 1.54) is 12.1 Å². The number of likely N-dealkylation sites (N-methyl/N-ethyl adjacent to an activating group) is 1. The number of β-amino-alcohol motifs (C(OH)–C–C–N with tert-alkyl or cyclic N) is 1. The van der Waals surface area contributed by atoms with E-state index in [0.29, 0.717) is 47.2 Å². The van der Waals surface area contributed by atoms with Gasteiger partial charge in [-0.2, -0.15) is 4.98 Å². The minimum absolute atomic E-state index is 0.0120. The van der Waals surface area contributed by atoms with E-state index in [2.05, 4.69) is 26.8 Å². The van der Waals surface area contributed by atoms with Gasteiger partial charge in [0, 0.05) is 30.1 Å². The number of aliphatic hydroxyl groups excluding tert-OH is 1. The molecule has 10 heteroatoms. The van der Waals surface area contributed by atoms with Gasteiger partial charge in [0.2, 0.25) is 11.7 Å². The van der Waals surface area contributed by atoms with E-state index in [9.17, 15) is 9.18 Å². The Hall–Kier alpha value is -3.89. The molecule has 9 nitrogen and oxygen atoms in total. The number of benzene rings is 2. The van der Waals surface area contributed by atoms with Crippen molar-refractivity contribution in [3.05, 3.63) is 77.6 Å². The van der Waals surface area contributed by atoms with Crippen molar-refractivity contribution in [2.45, 2.75) is 52.2 Å². The molecule has 0 radical (unpaired) electrons. The summed E-state index contributed by atoms with van der Waals surface area (Å²) in [6, 6.07) is 11.5. The second-order valence-corrected chi connectivity index (χ2v) is 9.61. The first kappa shape index (κ1) is 29.7. The Balaban J connectivity index is 0.000000617. The summed E-state index contributed by atoms with van der Waals surface area (Å²) in [5, 5.41) is 16.6. The van der Waals surface area contributed by atoms with Crippen LogP contribution in [0.25, 0.3) is 11.4 Å². The van der Waals surface area contributed by atoms with Crippen molar-refractivity contribution >= 4 is 12.0 Å². The molecule has 0 amide bonds. The molecule has 1 aliphatic heterocycles. The van der Waals surface area contributed by atoms with Gasteiger partial charge in [-0.25, -0.2) is 4.39 Å². The number of hydrogen-bond donors (Lipinski definition) is 1. The molecule has 1 saturated heterocycles. The second-order valence-electron chi connectivity index (χ2n) is 9.61. The first-order chi connectivity index (χ1) is 18.6. The van der Waals surface area contributed by atoms with Crippen LogP contribution in [0.4, 0.5) is 4.39 Å². The van der Waals surface area contributed by atoms with Crippen molar-refractivity contribution in [1.29, 1.82) is 0 Å². The zero-order chi connectivity index (χ0) is 28.5. The van der Waals surface area contributed by atoms with Crippen LogP contribution in [0.2, 0.25) is 0 Å². The third-order valence-corrected chi connectivity index (χ3v) is 5.95. The molecule has 0 bridgehead atoms. The number of oxime groups is 1. The summed E-state index contributed by atoms with van der Waals surface area (Å²) < 4.78 is 25.1. The van der Waals surface area contributed by atoms with Crippen molar-refractivity contribution in [2.24, 2.45) is 5.16 Å². The maximum atomic E-state index is 13.8. The summed E-state index contributed by atoms with van der Waals surface area (Å²) in [5.41, 5.74) is 1.74. The number of carbonyl (C=O) groups is 1. The molecule has 1 N–H and O–H groups in total. The van der Waals surface area contributed by atoms with Crippen LogP contribution in [0.3, 0.4) is 0 Å². The zero-order valence-corrected chi connectivity index (χ0v) is 22.9. The summed E-state index contributed by atoms with van der Waals surface area (Å²) in [4.78, 5) is 22.7. The van der Waals surface area contributed by atoms with Crippen LogP contribution >= 0.6 is 0 Å². The predicted octanol–water partition coefficient (Wildman–Crippen LogP) is 5.22. The Kier molecular flexibility index (Phi) is 10.5. The number of aliphatic hydroxyl groups is 1. The van der Waals surface area contributed by atoms with Gasteiger partial charge in [-0.1, -0.05) is 43.7 Å². The molecule has 39 heavy (non-hydrogen) atoms. The van der Waals surface area contributed by atoms with Crippen molar-refractivity contribution in [3.63, 3.8) is 0 Å². The Morgan fingerprint density at radius 2 is 1.97 bits per heavy atom. The van der Waals surface area contributed by atoms with Gasteiger partial charge >= 0.3 is 0 Å². The highest BCUT2D eigenvalue weighted by atomic mass is 19.1.